The van der Waals surface area contributed by atoms with E-state index in [9.17, 15) is 9.59 Å². The highest BCUT2D eigenvalue weighted by Crippen LogP contribution is 2.44. The normalized spacial score (nSPS) is 16.6. The summed E-state index contributed by atoms with van der Waals surface area (Å²) in [6.07, 6.45) is 7.25. The molecule has 2 aromatic heterocycles. The molecule has 0 aromatic carbocycles. The van der Waals surface area contributed by atoms with Crippen LogP contribution in [0.3, 0.4) is 0 Å². The molecular formula is C18H24N6O2S. The van der Waals surface area contributed by atoms with Gasteiger partial charge in [-0.1, -0.05) is 6.42 Å². The first kappa shape index (κ1) is 18.0. The first-order valence-corrected chi connectivity index (χ1v) is 10.2. The fourth-order valence-corrected chi connectivity index (χ4v) is 5.39. The second-order valence-corrected chi connectivity index (χ2v) is 8.12. The van der Waals surface area contributed by atoms with E-state index < -0.39 is 11.9 Å². The van der Waals surface area contributed by atoms with E-state index in [1.54, 1.807) is 0 Å². The van der Waals surface area contributed by atoms with Crippen molar-refractivity contribution >= 4 is 28.3 Å². The molecule has 4 rings (SSSR count). The first-order valence-electron chi connectivity index (χ1n) is 9.34. The van der Waals surface area contributed by atoms with E-state index in [2.05, 4.69) is 20.0 Å². The van der Waals surface area contributed by atoms with Gasteiger partial charge in [0.25, 0.3) is 5.91 Å². The van der Waals surface area contributed by atoms with Crippen molar-refractivity contribution in [3.63, 3.8) is 0 Å². The van der Waals surface area contributed by atoms with Crippen molar-refractivity contribution in [1.82, 2.24) is 14.7 Å². The standard InChI is InChI=1S/C18H24N6O2S/c19-16(25)14-11-4-5-13-12(15(11)27-17(14)22-18(20)26)10-21-24(13)9-8-23-6-2-1-3-7-23/h10H,1-9H2,(H2,19,25)(H3,20,22,26). The Hall–Kier alpha value is -2.39. The Morgan fingerprint density at radius 2 is 1.93 bits per heavy atom. The molecule has 3 heterocycles. The lowest BCUT2D eigenvalue weighted by Crippen LogP contribution is -2.33. The largest absolute Gasteiger partial charge is 0.365 e. The molecule has 0 bridgehead atoms. The van der Waals surface area contributed by atoms with Gasteiger partial charge in [0.2, 0.25) is 0 Å². The lowest BCUT2D eigenvalue weighted by atomic mass is 9.93. The third-order valence-corrected chi connectivity index (χ3v) is 6.55. The molecule has 0 radical (unpaired) electrons. The molecule has 1 saturated heterocycles. The zero-order valence-electron chi connectivity index (χ0n) is 15.2. The van der Waals surface area contributed by atoms with E-state index in [1.165, 1.54) is 49.4 Å². The second kappa shape index (κ2) is 7.32. The molecule has 0 saturated carbocycles. The second-order valence-electron chi connectivity index (χ2n) is 7.10. The Bertz CT molecular complexity index is 881. The number of hydrogen-bond acceptors (Lipinski definition) is 5. The van der Waals surface area contributed by atoms with Crippen LogP contribution in [0.25, 0.3) is 10.4 Å². The molecule has 9 heteroatoms. The monoisotopic (exact) mass is 388 g/mol. The van der Waals surface area contributed by atoms with E-state index in [0.29, 0.717) is 17.0 Å². The number of thiophene rings is 1. The number of rotatable bonds is 5. The van der Waals surface area contributed by atoms with Gasteiger partial charge in [0.15, 0.2) is 0 Å². The van der Waals surface area contributed by atoms with E-state index in [-0.39, 0.29) is 0 Å². The number of carbonyl (C=O) groups is 2. The fourth-order valence-electron chi connectivity index (χ4n) is 4.10. The molecule has 3 amide bonds. The van der Waals surface area contributed by atoms with Gasteiger partial charge in [0.1, 0.15) is 5.00 Å². The average molecular weight is 388 g/mol. The number of amides is 3. The predicted octanol–water partition coefficient (Wildman–Crippen LogP) is 1.79. The minimum atomic E-state index is -0.700. The topological polar surface area (TPSA) is 119 Å². The Balaban J connectivity index is 1.61. The van der Waals surface area contributed by atoms with Crippen molar-refractivity contribution in [2.75, 3.05) is 25.0 Å². The van der Waals surface area contributed by atoms with Crippen molar-refractivity contribution < 1.29 is 9.59 Å². The minimum absolute atomic E-state index is 0.375. The van der Waals surface area contributed by atoms with Crippen LogP contribution in [0.1, 0.15) is 40.9 Å². The number of hydrogen-bond donors (Lipinski definition) is 3. The molecule has 5 N–H and O–H groups in total. The Labute approximate surface area is 161 Å². The molecule has 1 aliphatic heterocycles. The number of anilines is 1. The molecule has 0 unspecified atom stereocenters. The summed E-state index contributed by atoms with van der Waals surface area (Å²) in [5, 5.41) is 7.56. The van der Waals surface area contributed by atoms with Gasteiger partial charge >= 0.3 is 6.03 Å². The van der Waals surface area contributed by atoms with Gasteiger partial charge in [-0.3, -0.25) is 14.8 Å². The summed E-state index contributed by atoms with van der Waals surface area (Å²) in [4.78, 5) is 26.7. The number of aromatic nitrogens is 2. The molecule has 0 atom stereocenters. The number of piperidine rings is 1. The summed E-state index contributed by atoms with van der Waals surface area (Å²) >= 11 is 1.34. The van der Waals surface area contributed by atoms with Crippen LogP contribution in [0.2, 0.25) is 0 Å². The number of nitrogens with zero attached hydrogens (tertiary/aromatic N) is 3. The summed E-state index contributed by atoms with van der Waals surface area (Å²) in [5.74, 6) is -0.544. The number of carbonyl (C=O) groups excluding carboxylic acids is 2. The lowest BCUT2D eigenvalue weighted by Gasteiger charge is -2.26. The van der Waals surface area contributed by atoms with E-state index in [1.807, 2.05) is 6.20 Å². The molecule has 1 fully saturated rings. The molecule has 2 aromatic rings. The van der Waals surface area contributed by atoms with Crippen LogP contribution >= 0.6 is 11.3 Å². The minimum Gasteiger partial charge on any atom is -0.365 e. The fraction of sp³-hybridized carbons (Fsp3) is 0.500. The number of nitrogens with one attached hydrogen (secondary N) is 1. The highest BCUT2D eigenvalue weighted by atomic mass is 32.1. The Kier molecular flexibility index (Phi) is 4.88. The number of fused-ring (bicyclic) bond motifs is 3. The molecule has 0 spiro atoms. The van der Waals surface area contributed by atoms with Gasteiger partial charge in [-0.2, -0.15) is 5.10 Å². The molecule has 1 aliphatic carbocycles. The summed E-state index contributed by atoms with van der Waals surface area (Å²) in [5.41, 5.74) is 14.3. The summed E-state index contributed by atoms with van der Waals surface area (Å²) in [6, 6.07) is -0.700. The van der Waals surface area contributed by atoms with Crippen molar-refractivity contribution in [3.05, 3.63) is 23.0 Å². The highest BCUT2D eigenvalue weighted by molar-refractivity contribution is 7.20. The predicted molar refractivity (Wildman–Crippen MR) is 105 cm³/mol. The van der Waals surface area contributed by atoms with Crippen LogP contribution in [-0.4, -0.2) is 46.3 Å². The van der Waals surface area contributed by atoms with Crippen LogP contribution in [0, 0.1) is 0 Å². The maximum atomic E-state index is 11.9. The van der Waals surface area contributed by atoms with Gasteiger partial charge in [-0.05, 0) is 44.3 Å². The smallest absolute Gasteiger partial charge is 0.317 e. The number of primary amides is 2. The maximum Gasteiger partial charge on any atom is 0.317 e. The SMILES string of the molecule is NC(=O)Nc1sc2c(c1C(N)=O)CCc1c-2cnn1CCN1CCCCC1. The van der Waals surface area contributed by atoms with Crippen LogP contribution in [-0.2, 0) is 19.4 Å². The van der Waals surface area contributed by atoms with Crippen LogP contribution in [0.15, 0.2) is 6.20 Å². The third-order valence-electron chi connectivity index (χ3n) is 5.37. The van der Waals surface area contributed by atoms with Crippen LogP contribution < -0.4 is 16.8 Å². The lowest BCUT2D eigenvalue weighted by molar-refractivity contribution is 0.100. The maximum absolute atomic E-state index is 11.9. The van der Waals surface area contributed by atoms with Gasteiger partial charge in [0.05, 0.1) is 18.3 Å². The Morgan fingerprint density at radius 1 is 1.15 bits per heavy atom. The van der Waals surface area contributed by atoms with E-state index >= 15 is 0 Å². The zero-order valence-corrected chi connectivity index (χ0v) is 16.0. The van der Waals surface area contributed by atoms with Crippen molar-refractivity contribution in [1.29, 1.82) is 0 Å². The first-order chi connectivity index (χ1) is 13.0. The third kappa shape index (κ3) is 3.44. The number of nitrogens with two attached hydrogens (primary N) is 2. The van der Waals surface area contributed by atoms with Crippen molar-refractivity contribution in [2.45, 2.75) is 38.6 Å². The van der Waals surface area contributed by atoms with Gasteiger partial charge in [-0.25, -0.2) is 4.79 Å². The highest BCUT2D eigenvalue weighted by Gasteiger charge is 2.30. The number of likely N-dealkylation sites (tertiary alicyclic amines) is 1. The van der Waals surface area contributed by atoms with E-state index in [4.69, 9.17) is 11.5 Å². The van der Waals surface area contributed by atoms with E-state index in [0.717, 1.165) is 35.5 Å². The quantitative estimate of drug-likeness (QED) is 0.723. The Morgan fingerprint density at radius 3 is 2.63 bits per heavy atom. The molecular weight excluding hydrogens is 364 g/mol. The van der Waals surface area contributed by atoms with Gasteiger partial charge in [-0.15, -0.1) is 11.3 Å². The van der Waals surface area contributed by atoms with Gasteiger partial charge in [0, 0.05) is 22.7 Å². The summed E-state index contributed by atoms with van der Waals surface area (Å²) in [7, 11) is 0. The molecule has 2 aliphatic rings. The summed E-state index contributed by atoms with van der Waals surface area (Å²) < 4.78 is 2.08. The van der Waals surface area contributed by atoms with Crippen molar-refractivity contribution in [2.24, 2.45) is 11.5 Å². The van der Waals surface area contributed by atoms with Crippen molar-refractivity contribution in [3.8, 4) is 10.4 Å². The van der Waals surface area contributed by atoms with Gasteiger partial charge < -0.3 is 16.4 Å². The molecule has 27 heavy (non-hydrogen) atoms. The van der Waals surface area contributed by atoms with Crippen LogP contribution in [0.5, 0.6) is 0 Å². The average Bonchev–Trinajstić information content (AvgIpc) is 3.20. The summed E-state index contributed by atoms with van der Waals surface area (Å²) in [6.45, 7) is 4.21. The molecule has 144 valence electrons. The number of urea groups is 1. The molecule has 8 nitrogen and oxygen atoms in total. The zero-order chi connectivity index (χ0) is 19.0. The van der Waals surface area contributed by atoms with Crippen LogP contribution in [0.4, 0.5) is 9.80 Å².